The maximum absolute atomic E-state index is 5.84. The molecule has 0 saturated heterocycles. The number of nitrogens with zero attached hydrogens (tertiary/aromatic N) is 1. The van der Waals surface area contributed by atoms with Crippen LogP contribution in [0.15, 0.2) is 17.3 Å². The van der Waals surface area contributed by atoms with Gasteiger partial charge < -0.3 is 5.73 Å². The van der Waals surface area contributed by atoms with Gasteiger partial charge in [-0.2, -0.15) is 0 Å². The smallest absolute Gasteiger partial charge is 0.115 e. The molecule has 0 saturated carbocycles. The number of rotatable bonds is 2. The first kappa shape index (κ1) is 8.68. The lowest BCUT2D eigenvalue weighted by Gasteiger charge is -2.00. The highest BCUT2D eigenvalue weighted by Crippen LogP contribution is 2.25. The molecule has 0 aliphatic carbocycles. The zero-order chi connectivity index (χ0) is 8.27. The zero-order valence-electron chi connectivity index (χ0n) is 6.17. The summed E-state index contributed by atoms with van der Waals surface area (Å²) in [6, 6.07) is 1.71. The summed E-state index contributed by atoms with van der Waals surface area (Å²) in [5.74, 6) is 0.969. The average molecular weight is 189 g/mol. The molecular weight excluding hydrogens is 180 g/mol. The molecule has 1 aromatic rings. The Labute approximate surface area is 75.1 Å². The largest absolute Gasteiger partial charge is 0.397 e. The molecule has 1 rings (SSSR count). The van der Waals surface area contributed by atoms with Crippen molar-refractivity contribution in [2.24, 2.45) is 0 Å². The number of thioether (sulfide) groups is 1. The van der Waals surface area contributed by atoms with E-state index in [1.165, 1.54) is 0 Å². The lowest BCUT2D eigenvalue weighted by Crippen LogP contribution is -1.88. The van der Waals surface area contributed by atoms with Gasteiger partial charge in [0.25, 0.3) is 0 Å². The Bertz CT molecular complexity index is 252. The van der Waals surface area contributed by atoms with Crippen molar-refractivity contribution in [2.75, 3.05) is 11.5 Å². The minimum absolute atomic E-state index is 0.607. The summed E-state index contributed by atoms with van der Waals surface area (Å²) in [5.41, 5.74) is 6.07. The van der Waals surface area contributed by atoms with Crippen molar-refractivity contribution in [1.29, 1.82) is 0 Å². The minimum atomic E-state index is 0.607. The molecule has 1 heterocycles. The molecule has 0 aliphatic rings. The average Bonchev–Trinajstić information content (AvgIpc) is 1.95. The minimum Gasteiger partial charge on any atom is -0.397 e. The standard InChI is InChI=1S/C7H9ClN2S/c1-2-11-7-6(8)3-5(9)4-10-7/h3-4H,2,9H2,1H3. The van der Waals surface area contributed by atoms with Crippen molar-refractivity contribution in [3.05, 3.63) is 17.3 Å². The van der Waals surface area contributed by atoms with Crippen molar-refractivity contribution in [3.8, 4) is 0 Å². The molecule has 60 valence electrons. The quantitative estimate of drug-likeness (QED) is 0.725. The van der Waals surface area contributed by atoms with Crippen LogP contribution in [0.2, 0.25) is 5.02 Å². The Morgan fingerprint density at radius 3 is 3.00 bits per heavy atom. The second-order valence-corrected chi connectivity index (χ2v) is 3.65. The fraction of sp³-hybridized carbons (Fsp3) is 0.286. The highest BCUT2D eigenvalue weighted by molar-refractivity contribution is 7.99. The molecule has 1 aromatic heterocycles. The third kappa shape index (κ3) is 2.27. The molecule has 0 aliphatic heterocycles. The van der Waals surface area contributed by atoms with E-state index >= 15 is 0 Å². The van der Waals surface area contributed by atoms with Gasteiger partial charge in [0.15, 0.2) is 0 Å². The third-order valence-corrected chi connectivity index (χ3v) is 2.40. The Morgan fingerprint density at radius 1 is 1.73 bits per heavy atom. The summed E-state index contributed by atoms with van der Waals surface area (Å²) in [7, 11) is 0. The van der Waals surface area contributed by atoms with E-state index in [-0.39, 0.29) is 0 Å². The summed E-state index contributed by atoms with van der Waals surface area (Å²) in [6.45, 7) is 2.05. The molecule has 4 heteroatoms. The van der Waals surface area contributed by atoms with Crippen LogP contribution in [0.5, 0.6) is 0 Å². The van der Waals surface area contributed by atoms with Crippen LogP contribution in [0.25, 0.3) is 0 Å². The first-order chi connectivity index (χ1) is 5.24. The fourth-order valence-corrected chi connectivity index (χ4v) is 1.62. The third-order valence-electron chi connectivity index (χ3n) is 1.11. The van der Waals surface area contributed by atoms with Crippen LogP contribution in [0, 0.1) is 0 Å². The highest BCUT2D eigenvalue weighted by Gasteiger charge is 2.00. The highest BCUT2D eigenvalue weighted by atomic mass is 35.5. The lowest BCUT2D eigenvalue weighted by atomic mass is 10.4. The first-order valence-corrected chi connectivity index (χ1v) is 4.64. The van der Waals surface area contributed by atoms with Crippen LogP contribution < -0.4 is 5.73 Å². The second-order valence-electron chi connectivity index (χ2n) is 1.99. The number of halogens is 1. The van der Waals surface area contributed by atoms with Crippen molar-refractivity contribution in [1.82, 2.24) is 4.98 Å². The lowest BCUT2D eigenvalue weighted by molar-refractivity contribution is 1.14. The molecule has 0 fully saturated rings. The summed E-state index contributed by atoms with van der Waals surface area (Å²) in [4.78, 5) is 4.07. The van der Waals surface area contributed by atoms with Gasteiger partial charge in [-0.1, -0.05) is 18.5 Å². The van der Waals surface area contributed by atoms with E-state index in [2.05, 4.69) is 11.9 Å². The molecule has 11 heavy (non-hydrogen) atoms. The summed E-state index contributed by atoms with van der Waals surface area (Å²) >= 11 is 7.46. The van der Waals surface area contributed by atoms with Crippen molar-refractivity contribution in [2.45, 2.75) is 11.9 Å². The van der Waals surface area contributed by atoms with E-state index in [1.807, 2.05) is 0 Å². The van der Waals surface area contributed by atoms with Gasteiger partial charge in [0, 0.05) is 0 Å². The molecule has 0 bridgehead atoms. The molecule has 0 spiro atoms. The number of aromatic nitrogens is 1. The van der Waals surface area contributed by atoms with E-state index < -0.39 is 0 Å². The number of nitrogen functional groups attached to an aromatic ring is 1. The van der Waals surface area contributed by atoms with Gasteiger partial charge in [-0.25, -0.2) is 4.98 Å². The van der Waals surface area contributed by atoms with Crippen LogP contribution in [0.4, 0.5) is 5.69 Å². The monoisotopic (exact) mass is 188 g/mol. The van der Waals surface area contributed by atoms with Gasteiger partial charge in [0.2, 0.25) is 0 Å². The van der Waals surface area contributed by atoms with Gasteiger partial charge in [-0.3, -0.25) is 0 Å². The zero-order valence-corrected chi connectivity index (χ0v) is 7.75. The number of hydrogen-bond donors (Lipinski definition) is 1. The van der Waals surface area contributed by atoms with Crippen LogP contribution in [0.3, 0.4) is 0 Å². The van der Waals surface area contributed by atoms with Crippen LogP contribution >= 0.6 is 23.4 Å². The number of hydrogen-bond acceptors (Lipinski definition) is 3. The molecule has 0 amide bonds. The van der Waals surface area contributed by atoms with Crippen LogP contribution in [0.1, 0.15) is 6.92 Å². The van der Waals surface area contributed by atoms with Crippen molar-refractivity contribution in [3.63, 3.8) is 0 Å². The van der Waals surface area contributed by atoms with E-state index in [0.717, 1.165) is 10.8 Å². The maximum atomic E-state index is 5.84. The van der Waals surface area contributed by atoms with Gasteiger partial charge in [-0.15, -0.1) is 11.8 Å². The number of anilines is 1. The van der Waals surface area contributed by atoms with E-state index in [1.54, 1.807) is 24.0 Å². The summed E-state index contributed by atoms with van der Waals surface area (Å²) in [5, 5.41) is 1.49. The Morgan fingerprint density at radius 2 is 2.45 bits per heavy atom. The predicted octanol–water partition coefficient (Wildman–Crippen LogP) is 2.43. The Balaban J connectivity index is 2.90. The molecule has 0 atom stereocenters. The first-order valence-electron chi connectivity index (χ1n) is 3.28. The van der Waals surface area contributed by atoms with E-state index in [4.69, 9.17) is 17.3 Å². The van der Waals surface area contributed by atoms with Crippen molar-refractivity contribution >= 4 is 29.1 Å². The molecule has 0 aromatic carbocycles. The second kappa shape index (κ2) is 3.83. The van der Waals surface area contributed by atoms with Gasteiger partial charge in [0.1, 0.15) is 5.03 Å². The number of nitrogens with two attached hydrogens (primary N) is 1. The fourth-order valence-electron chi connectivity index (χ4n) is 0.683. The Hall–Kier alpha value is -0.410. The van der Waals surface area contributed by atoms with Crippen LogP contribution in [-0.2, 0) is 0 Å². The Kier molecular flexibility index (Phi) is 3.02. The van der Waals surface area contributed by atoms with Gasteiger partial charge in [0.05, 0.1) is 16.9 Å². The molecule has 0 unspecified atom stereocenters. The van der Waals surface area contributed by atoms with Crippen molar-refractivity contribution < 1.29 is 0 Å². The maximum Gasteiger partial charge on any atom is 0.115 e. The van der Waals surface area contributed by atoms with E-state index in [9.17, 15) is 0 Å². The predicted molar refractivity (Wildman–Crippen MR) is 50.1 cm³/mol. The molecule has 0 radical (unpaired) electrons. The van der Waals surface area contributed by atoms with Gasteiger partial charge >= 0.3 is 0 Å². The molecule has 2 N–H and O–H groups in total. The summed E-state index contributed by atoms with van der Waals surface area (Å²) in [6.07, 6.45) is 1.61. The molecule has 2 nitrogen and oxygen atoms in total. The summed E-state index contributed by atoms with van der Waals surface area (Å²) < 4.78 is 0. The normalized spacial score (nSPS) is 10.0. The van der Waals surface area contributed by atoms with Crippen LogP contribution in [-0.4, -0.2) is 10.7 Å². The molecular formula is C7H9ClN2S. The topological polar surface area (TPSA) is 38.9 Å². The van der Waals surface area contributed by atoms with Gasteiger partial charge in [-0.05, 0) is 11.8 Å². The van der Waals surface area contributed by atoms with E-state index in [0.29, 0.717) is 10.7 Å². The number of pyridine rings is 1. The SMILES string of the molecule is CCSc1ncc(N)cc1Cl.